The number of aliphatic carboxylic acids is 1. The summed E-state index contributed by atoms with van der Waals surface area (Å²) in [5.74, 6) is -1.98. The van der Waals surface area contributed by atoms with E-state index in [9.17, 15) is 22.4 Å². The number of alkyl halides is 4. The zero-order chi connectivity index (χ0) is 14.0. The molecule has 0 amide bonds. The minimum atomic E-state index is -4.54. The van der Waals surface area contributed by atoms with E-state index in [0.717, 1.165) is 19.1 Å². The summed E-state index contributed by atoms with van der Waals surface area (Å²) in [5.41, 5.74) is -3.61. The van der Waals surface area contributed by atoms with Gasteiger partial charge in [0.2, 0.25) is 5.67 Å². The molecule has 1 N–H and O–H groups in total. The van der Waals surface area contributed by atoms with Crippen LogP contribution in [0.5, 0.6) is 5.75 Å². The lowest BCUT2D eigenvalue weighted by atomic mass is 10.1. The summed E-state index contributed by atoms with van der Waals surface area (Å²) < 4.78 is 55.0. The van der Waals surface area contributed by atoms with Crippen molar-refractivity contribution in [1.29, 1.82) is 0 Å². The molecule has 0 spiro atoms. The Morgan fingerprint density at radius 3 is 2.44 bits per heavy atom. The maximum Gasteiger partial charge on any atom is 0.416 e. The van der Waals surface area contributed by atoms with Crippen molar-refractivity contribution >= 4 is 5.97 Å². The third kappa shape index (κ3) is 3.61. The van der Waals surface area contributed by atoms with E-state index in [1.807, 2.05) is 0 Å². The Morgan fingerprint density at radius 1 is 1.33 bits per heavy atom. The second-order valence-corrected chi connectivity index (χ2v) is 3.82. The molecule has 1 unspecified atom stereocenters. The topological polar surface area (TPSA) is 46.5 Å². The SMILES string of the molecule is CC(F)(COc1cccc(C(F)(F)F)c1)C(=O)O. The Hall–Kier alpha value is -1.79. The number of carbonyl (C=O) groups is 1. The lowest BCUT2D eigenvalue weighted by Gasteiger charge is -2.16. The summed E-state index contributed by atoms with van der Waals surface area (Å²) >= 11 is 0. The van der Waals surface area contributed by atoms with Crippen LogP contribution in [0.25, 0.3) is 0 Å². The molecule has 0 aromatic heterocycles. The number of halogens is 4. The van der Waals surface area contributed by atoms with Crippen LogP contribution in [0.4, 0.5) is 17.6 Å². The highest BCUT2D eigenvalue weighted by molar-refractivity contribution is 5.76. The second-order valence-electron chi connectivity index (χ2n) is 3.82. The van der Waals surface area contributed by atoms with Gasteiger partial charge in [0.1, 0.15) is 12.4 Å². The highest BCUT2D eigenvalue weighted by Gasteiger charge is 2.34. The van der Waals surface area contributed by atoms with Crippen molar-refractivity contribution in [3.05, 3.63) is 29.8 Å². The first-order valence-electron chi connectivity index (χ1n) is 4.85. The van der Waals surface area contributed by atoms with Gasteiger partial charge in [0, 0.05) is 0 Å². The van der Waals surface area contributed by atoms with Crippen LogP contribution in [0.1, 0.15) is 12.5 Å². The van der Waals surface area contributed by atoms with E-state index in [4.69, 9.17) is 9.84 Å². The van der Waals surface area contributed by atoms with Gasteiger partial charge < -0.3 is 9.84 Å². The smallest absolute Gasteiger partial charge is 0.416 e. The summed E-state index contributed by atoms with van der Waals surface area (Å²) in [6.07, 6.45) is -4.54. The van der Waals surface area contributed by atoms with Gasteiger partial charge in [-0.1, -0.05) is 6.07 Å². The lowest BCUT2D eigenvalue weighted by molar-refractivity contribution is -0.151. The maximum atomic E-state index is 13.3. The van der Waals surface area contributed by atoms with E-state index in [2.05, 4.69) is 0 Å². The zero-order valence-electron chi connectivity index (χ0n) is 9.29. The second kappa shape index (κ2) is 4.83. The third-order valence-corrected chi connectivity index (χ3v) is 2.12. The standard InChI is InChI=1S/C11H10F4O3/c1-10(12,9(16)17)6-18-8-4-2-3-7(5-8)11(13,14)15/h2-5H,6H2,1H3,(H,16,17). The number of hydrogen-bond acceptors (Lipinski definition) is 2. The summed E-state index contributed by atoms with van der Waals surface area (Å²) in [6, 6.07) is 3.79. The molecule has 0 aliphatic heterocycles. The maximum absolute atomic E-state index is 13.3. The number of benzene rings is 1. The molecule has 7 heteroatoms. The molecule has 1 rings (SSSR count). The van der Waals surface area contributed by atoms with Gasteiger partial charge in [-0.05, 0) is 25.1 Å². The monoisotopic (exact) mass is 266 g/mol. The largest absolute Gasteiger partial charge is 0.490 e. The van der Waals surface area contributed by atoms with Crippen molar-refractivity contribution in [3.63, 3.8) is 0 Å². The first kappa shape index (κ1) is 14.3. The quantitative estimate of drug-likeness (QED) is 0.852. The fourth-order valence-corrected chi connectivity index (χ4v) is 1.04. The molecule has 0 aliphatic carbocycles. The van der Waals surface area contributed by atoms with Crippen LogP contribution in [0, 0.1) is 0 Å². The summed E-state index contributed by atoms with van der Waals surface area (Å²) in [5, 5.41) is 8.47. The highest BCUT2D eigenvalue weighted by Crippen LogP contribution is 2.31. The van der Waals surface area contributed by atoms with Crippen LogP contribution in [0.2, 0.25) is 0 Å². The van der Waals surface area contributed by atoms with Crippen molar-refractivity contribution < 1.29 is 32.2 Å². The van der Waals surface area contributed by atoms with Crippen LogP contribution in [-0.2, 0) is 11.0 Å². The van der Waals surface area contributed by atoms with Gasteiger partial charge in [0.25, 0.3) is 0 Å². The molecule has 0 heterocycles. The molecule has 1 atom stereocenters. The van der Waals surface area contributed by atoms with Crippen LogP contribution in [-0.4, -0.2) is 23.4 Å². The van der Waals surface area contributed by atoms with Crippen LogP contribution in [0.15, 0.2) is 24.3 Å². The van der Waals surface area contributed by atoms with Crippen LogP contribution >= 0.6 is 0 Å². The van der Waals surface area contributed by atoms with Crippen molar-refractivity contribution in [1.82, 2.24) is 0 Å². The van der Waals surface area contributed by atoms with Gasteiger partial charge >= 0.3 is 12.1 Å². The van der Waals surface area contributed by atoms with Gasteiger partial charge in [-0.3, -0.25) is 0 Å². The Labute approximate surface area is 100.0 Å². The van der Waals surface area contributed by atoms with Crippen LogP contribution < -0.4 is 4.74 Å². The molecule has 3 nitrogen and oxygen atoms in total. The predicted molar refractivity (Wildman–Crippen MR) is 54.1 cm³/mol. The highest BCUT2D eigenvalue weighted by atomic mass is 19.4. The van der Waals surface area contributed by atoms with Gasteiger partial charge in [-0.2, -0.15) is 13.2 Å². The molecule has 0 bridgehead atoms. The Morgan fingerprint density at radius 2 is 1.94 bits per heavy atom. The van der Waals surface area contributed by atoms with Crippen molar-refractivity contribution in [2.45, 2.75) is 18.8 Å². The molecule has 1 aromatic rings. The van der Waals surface area contributed by atoms with Gasteiger partial charge in [-0.25, -0.2) is 9.18 Å². The normalized spacial score (nSPS) is 14.9. The van der Waals surface area contributed by atoms with Crippen molar-refractivity contribution in [3.8, 4) is 5.75 Å². The number of ether oxygens (including phenoxy) is 1. The van der Waals surface area contributed by atoms with E-state index in [1.54, 1.807) is 0 Å². The zero-order valence-corrected chi connectivity index (χ0v) is 9.29. The van der Waals surface area contributed by atoms with Gasteiger partial charge in [-0.15, -0.1) is 0 Å². The van der Waals surface area contributed by atoms with E-state index in [1.165, 1.54) is 6.07 Å². The fourth-order valence-electron chi connectivity index (χ4n) is 1.04. The fraction of sp³-hybridized carbons (Fsp3) is 0.364. The molecule has 100 valence electrons. The summed E-state index contributed by atoms with van der Waals surface area (Å²) in [4.78, 5) is 10.4. The van der Waals surface area contributed by atoms with E-state index >= 15 is 0 Å². The van der Waals surface area contributed by atoms with E-state index in [-0.39, 0.29) is 5.75 Å². The minimum absolute atomic E-state index is 0.241. The van der Waals surface area contributed by atoms with Gasteiger partial charge in [0.05, 0.1) is 5.56 Å². The average Bonchev–Trinajstić information content (AvgIpc) is 2.25. The summed E-state index contributed by atoms with van der Waals surface area (Å²) in [7, 11) is 0. The molecule has 0 aliphatic rings. The average molecular weight is 266 g/mol. The molecule has 18 heavy (non-hydrogen) atoms. The summed E-state index contributed by atoms with van der Waals surface area (Å²) in [6.45, 7) is -0.105. The van der Waals surface area contributed by atoms with E-state index < -0.39 is 30.0 Å². The Balaban J connectivity index is 2.78. The molecular formula is C11H10F4O3. The first-order chi connectivity index (χ1) is 8.13. The van der Waals surface area contributed by atoms with Crippen molar-refractivity contribution in [2.75, 3.05) is 6.61 Å². The van der Waals surface area contributed by atoms with Gasteiger partial charge in [0.15, 0.2) is 0 Å². The minimum Gasteiger partial charge on any atom is -0.490 e. The van der Waals surface area contributed by atoms with Crippen LogP contribution in [0.3, 0.4) is 0 Å². The first-order valence-corrected chi connectivity index (χ1v) is 4.85. The Kier molecular flexibility index (Phi) is 3.83. The Bertz CT molecular complexity index is 440. The van der Waals surface area contributed by atoms with E-state index in [0.29, 0.717) is 6.07 Å². The molecule has 0 saturated carbocycles. The molecular weight excluding hydrogens is 256 g/mol. The number of hydrogen-bond donors (Lipinski definition) is 1. The number of carboxylic acid groups (broad SMARTS) is 1. The van der Waals surface area contributed by atoms with Crippen molar-refractivity contribution in [2.24, 2.45) is 0 Å². The molecule has 1 aromatic carbocycles. The number of rotatable bonds is 4. The predicted octanol–water partition coefficient (Wildman–Crippen LogP) is 2.90. The number of carboxylic acids is 1. The lowest BCUT2D eigenvalue weighted by Crippen LogP contribution is -2.36. The molecule has 0 saturated heterocycles. The molecule has 0 fully saturated rings. The molecule has 0 radical (unpaired) electrons. The third-order valence-electron chi connectivity index (χ3n) is 2.12.